The van der Waals surface area contributed by atoms with Crippen molar-refractivity contribution in [2.45, 2.75) is 60.4 Å². The van der Waals surface area contributed by atoms with Crippen molar-refractivity contribution in [2.24, 2.45) is 0 Å². The first-order chi connectivity index (χ1) is 19.2. The lowest BCUT2D eigenvalue weighted by Crippen LogP contribution is -2.47. The van der Waals surface area contributed by atoms with Crippen LogP contribution < -0.4 is 9.80 Å². The number of benzene rings is 4. The largest absolute Gasteiger partial charge is 0.348 e. The van der Waals surface area contributed by atoms with E-state index in [9.17, 15) is 8.42 Å². The van der Waals surface area contributed by atoms with E-state index >= 15 is 0 Å². The molecule has 40 heavy (non-hydrogen) atoms. The third-order valence-electron chi connectivity index (χ3n) is 7.16. The van der Waals surface area contributed by atoms with Gasteiger partial charge in [0.25, 0.3) is 0 Å². The molecule has 0 saturated heterocycles. The molecule has 0 fully saturated rings. The number of aryl methyl sites for hydroxylation is 4. The van der Waals surface area contributed by atoms with E-state index in [0.29, 0.717) is 19.8 Å². The summed E-state index contributed by atoms with van der Waals surface area (Å²) in [4.78, 5) is 8.06. The second kappa shape index (κ2) is 12.1. The van der Waals surface area contributed by atoms with Gasteiger partial charge in [-0.1, -0.05) is 47.5 Å². The Labute approximate surface area is 251 Å². The van der Waals surface area contributed by atoms with Crippen LogP contribution in [0.5, 0.6) is 0 Å². The van der Waals surface area contributed by atoms with Crippen LogP contribution in [0.2, 0.25) is 0 Å². The fourth-order valence-electron chi connectivity index (χ4n) is 5.47. The molecule has 0 spiro atoms. The highest BCUT2D eigenvalue weighted by Gasteiger charge is 2.35. The van der Waals surface area contributed by atoms with Gasteiger partial charge < -0.3 is 9.80 Å². The summed E-state index contributed by atoms with van der Waals surface area (Å²) >= 11 is 9.53. The van der Waals surface area contributed by atoms with Crippen LogP contribution in [-0.4, -0.2) is 20.4 Å². The predicted octanol–water partition coefficient (Wildman–Crippen LogP) is 7.97. The van der Waals surface area contributed by atoms with E-state index in [1.807, 2.05) is 62.4 Å². The standard InChI is InChI=1S/C31H30N2O2S2.CH2Cl2/c1-20-5-9-26(10-6-20)36(34)28-15-22(3)13-24-17-33-19-32(30(24)28)18-25-14-23(4)16-29(31(25)33)37(35)27-11-7-21(2)8-12-27;2-1-3/h5-16H,17-19H2,1-4H3;1H2/t36-,37-;/m0./s1. The Morgan fingerprint density at radius 1 is 0.600 bits per heavy atom. The monoisotopic (exact) mass is 610 g/mol. The van der Waals surface area contributed by atoms with E-state index in [0.717, 1.165) is 53.2 Å². The fourth-order valence-corrected chi connectivity index (χ4v) is 8.20. The zero-order valence-corrected chi connectivity index (χ0v) is 26.2. The van der Waals surface area contributed by atoms with Crippen LogP contribution in [-0.2, 0) is 34.7 Å². The van der Waals surface area contributed by atoms with Gasteiger partial charge in [0.15, 0.2) is 0 Å². The van der Waals surface area contributed by atoms with Gasteiger partial charge in [0.1, 0.15) is 0 Å². The molecule has 0 amide bonds. The van der Waals surface area contributed by atoms with Gasteiger partial charge in [0.05, 0.1) is 54.8 Å². The van der Waals surface area contributed by atoms with Crippen molar-refractivity contribution in [1.82, 2.24) is 0 Å². The summed E-state index contributed by atoms with van der Waals surface area (Å²) in [6, 6.07) is 24.5. The van der Waals surface area contributed by atoms with Crippen LogP contribution >= 0.6 is 23.2 Å². The van der Waals surface area contributed by atoms with E-state index in [1.165, 1.54) is 11.1 Å². The summed E-state index contributed by atoms with van der Waals surface area (Å²) in [5, 5.41) is 0.194. The molecule has 0 aromatic heterocycles. The molecule has 2 aliphatic heterocycles. The molecule has 0 saturated carbocycles. The summed E-state index contributed by atoms with van der Waals surface area (Å²) in [5.41, 5.74) is 9.01. The number of hydrogen-bond donors (Lipinski definition) is 0. The maximum Gasteiger partial charge on any atom is 0.0967 e. The first kappa shape index (κ1) is 28.9. The number of nitrogens with zero attached hydrogens (tertiary/aromatic N) is 2. The Morgan fingerprint density at radius 3 is 1.30 bits per heavy atom. The Bertz CT molecular complexity index is 1490. The van der Waals surface area contributed by atoms with E-state index in [4.69, 9.17) is 23.2 Å². The van der Waals surface area contributed by atoms with Gasteiger partial charge in [0, 0.05) is 22.9 Å². The summed E-state index contributed by atoms with van der Waals surface area (Å²) in [7, 11) is -2.55. The summed E-state index contributed by atoms with van der Waals surface area (Å²) < 4.78 is 27.6. The van der Waals surface area contributed by atoms with Crippen molar-refractivity contribution in [3.8, 4) is 0 Å². The summed E-state index contributed by atoms with van der Waals surface area (Å²) in [5.74, 6) is 0. The minimum Gasteiger partial charge on any atom is -0.348 e. The van der Waals surface area contributed by atoms with E-state index in [1.54, 1.807) is 0 Å². The molecule has 2 heterocycles. The number of anilines is 2. The third kappa shape index (κ3) is 5.73. The highest BCUT2D eigenvalue weighted by molar-refractivity contribution is 7.85. The normalized spacial score (nSPS) is 14.9. The molecule has 2 aliphatic rings. The molecule has 0 unspecified atom stereocenters. The van der Waals surface area contributed by atoms with Gasteiger partial charge in [-0.3, -0.25) is 0 Å². The highest BCUT2D eigenvalue weighted by atomic mass is 35.5. The lowest BCUT2D eigenvalue weighted by Gasteiger charge is -2.46. The van der Waals surface area contributed by atoms with Crippen LogP contribution in [0.3, 0.4) is 0 Å². The average molecular weight is 612 g/mol. The Balaban J connectivity index is 0.00000103. The van der Waals surface area contributed by atoms with Crippen molar-refractivity contribution in [3.05, 3.63) is 106 Å². The molecule has 208 valence electrons. The molecule has 8 heteroatoms. The van der Waals surface area contributed by atoms with Crippen LogP contribution in [0.25, 0.3) is 0 Å². The number of hydrogen-bond acceptors (Lipinski definition) is 4. The molecular weight excluding hydrogens is 579 g/mol. The Morgan fingerprint density at radius 2 is 0.950 bits per heavy atom. The summed E-state index contributed by atoms with van der Waals surface area (Å²) in [6.45, 7) is 10.3. The van der Waals surface area contributed by atoms with Crippen LogP contribution in [0.15, 0.2) is 92.4 Å². The first-order valence-corrected chi connectivity index (χ1v) is 16.4. The molecule has 0 radical (unpaired) electrons. The van der Waals surface area contributed by atoms with Crippen molar-refractivity contribution < 1.29 is 8.42 Å². The number of halogens is 2. The lowest BCUT2D eigenvalue weighted by atomic mass is 9.99. The maximum absolute atomic E-state index is 13.8. The molecule has 2 bridgehead atoms. The molecule has 4 aromatic rings. The second-order valence-electron chi connectivity index (χ2n) is 10.3. The number of fused-ring (bicyclic) bond motifs is 6. The number of alkyl halides is 2. The lowest BCUT2D eigenvalue weighted by molar-refractivity contribution is 0.632. The smallest absolute Gasteiger partial charge is 0.0967 e. The molecule has 4 nitrogen and oxygen atoms in total. The topological polar surface area (TPSA) is 40.6 Å². The van der Waals surface area contributed by atoms with Gasteiger partial charge in [0.2, 0.25) is 0 Å². The zero-order valence-electron chi connectivity index (χ0n) is 23.0. The van der Waals surface area contributed by atoms with Crippen molar-refractivity contribution in [1.29, 1.82) is 0 Å². The quantitative estimate of drug-likeness (QED) is 0.220. The molecule has 2 atom stereocenters. The minimum atomic E-state index is -1.27. The van der Waals surface area contributed by atoms with E-state index < -0.39 is 21.6 Å². The fraction of sp³-hybridized carbons (Fsp3) is 0.250. The Hall–Kier alpha value is -2.64. The van der Waals surface area contributed by atoms with Crippen molar-refractivity contribution >= 4 is 56.2 Å². The molecule has 0 N–H and O–H groups in total. The maximum atomic E-state index is 13.8. The average Bonchev–Trinajstić information content (AvgIpc) is 2.92. The van der Waals surface area contributed by atoms with Crippen LogP contribution in [0, 0.1) is 27.7 Å². The molecule has 6 rings (SSSR count). The first-order valence-electron chi connectivity index (χ1n) is 13.1. The summed E-state index contributed by atoms with van der Waals surface area (Å²) in [6.07, 6.45) is 0. The Kier molecular flexibility index (Phi) is 8.72. The van der Waals surface area contributed by atoms with Gasteiger partial charge in [-0.25, -0.2) is 8.42 Å². The predicted molar refractivity (Wildman–Crippen MR) is 168 cm³/mol. The van der Waals surface area contributed by atoms with Gasteiger partial charge >= 0.3 is 0 Å². The van der Waals surface area contributed by atoms with E-state index in [-0.39, 0.29) is 5.34 Å². The van der Waals surface area contributed by atoms with Crippen LogP contribution in [0.1, 0.15) is 33.4 Å². The van der Waals surface area contributed by atoms with Gasteiger partial charge in [-0.15, -0.1) is 23.2 Å². The van der Waals surface area contributed by atoms with Crippen molar-refractivity contribution in [2.75, 3.05) is 21.8 Å². The third-order valence-corrected chi connectivity index (χ3v) is 9.98. The van der Waals surface area contributed by atoms with Gasteiger partial charge in [-0.2, -0.15) is 0 Å². The molecular formula is C32H32Cl2N2O2S2. The second-order valence-corrected chi connectivity index (χ2v) is 14.0. The van der Waals surface area contributed by atoms with Crippen molar-refractivity contribution in [3.63, 3.8) is 0 Å². The number of rotatable bonds is 4. The molecule has 4 aromatic carbocycles. The minimum absolute atomic E-state index is 0.194. The van der Waals surface area contributed by atoms with Gasteiger partial charge in [-0.05, 0) is 86.3 Å². The van der Waals surface area contributed by atoms with Crippen LogP contribution in [0.4, 0.5) is 11.4 Å². The van der Waals surface area contributed by atoms with E-state index in [2.05, 4.69) is 47.9 Å². The molecule has 0 aliphatic carbocycles. The SMILES string of the molecule is Cc1ccc([S@](=O)c2cc(C)cc3c2N2Cc4cc(C)cc([S@@](=O)c5ccc(C)cc5)c4N(C3)C2)cc1.ClCCl. The highest BCUT2D eigenvalue weighted by Crippen LogP contribution is 2.45. The zero-order chi connectivity index (χ0) is 28.6.